The Kier molecular flexibility index (Phi) is 2.48. The lowest BCUT2D eigenvalue weighted by molar-refractivity contribution is -0.137. The standard InChI is InChI=1S/C8H12N2O4/c1-4-5(7(11)12)6(8(13)14)10(3)9(4)2/h4H,1-3H3,(H,11,12)(H,13,14). The number of hydrogen-bond acceptors (Lipinski definition) is 4. The van der Waals surface area contributed by atoms with E-state index in [-0.39, 0.29) is 11.3 Å². The molecule has 0 saturated heterocycles. The van der Waals surface area contributed by atoms with Crippen molar-refractivity contribution < 1.29 is 19.8 Å². The Bertz CT molecular complexity index is 293. The van der Waals surface area contributed by atoms with Crippen LogP contribution in [0.15, 0.2) is 11.3 Å². The molecule has 1 heterocycles. The summed E-state index contributed by atoms with van der Waals surface area (Å²) in [5.41, 5.74) is -0.255. The van der Waals surface area contributed by atoms with Crippen LogP contribution in [0, 0.1) is 0 Å². The highest BCUT2D eigenvalue weighted by atomic mass is 16.4. The predicted octanol–water partition coefficient (Wildman–Crippen LogP) is -0.410. The van der Waals surface area contributed by atoms with E-state index in [9.17, 15) is 9.59 Å². The van der Waals surface area contributed by atoms with Crippen LogP contribution in [0.5, 0.6) is 0 Å². The number of carboxylic acid groups (broad SMARTS) is 2. The molecule has 78 valence electrons. The predicted molar refractivity (Wildman–Crippen MR) is 47.3 cm³/mol. The molecule has 1 atom stereocenters. The lowest BCUT2D eigenvalue weighted by atomic mass is 10.1. The largest absolute Gasteiger partial charge is 0.478 e. The van der Waals surface area contributed by atoms with E-state index in [4.69, 9.17) is 10.2 Å². The molecule has 0 bridgehead atoms. The van der Waals surface area contributed by atoms with Gasteiger partial charge in [0.2, 0.25) is 0 Å². The Morgan fingerprint density at radius 2 is 1.71 bits per heavy atom. The zero-order valence-corrected chi connectivity index (χ0v) is 8.18. The van der Waals surface area contributed by atoms with E-state index in [0.717, 1.165) is 0 Å². The Morgan fingerprint density at radius 1 is 1.21 bits per heavy atom. The van der Waals surface area contributed by atoms with Crippen LogP contribution >= 0.6 is 0 Å². The van der Waals surface area contributed by atoms with Gasteiger partial charge in [-0.1, -0.05) is 0 Å². The van der Waals surface area contributed by atoms with Gasteiger partial charge in [0.25, 0.3) is 0 Å². The van der Waals surface area contributed by atoms with Crippen LogP contribution in [0.4, 0.5) is 0 Å². The number of hydrazine groups is 1. The molecular weight excluding hydrogens is 188 g/mol. The summed E-state index contributed by atoms with van der Waals surface area (Å²) in [6.07, 6.45) is 0. The quantitative estimate of drug-likeness (QED) is 0.630. The first kappa shape index (κ1) is 10.5. The van der Waals surface area contributed by atoms with Gasteiger partial charge in [-0.3, -0.25) is 0 Å². The van der Waals surface area contributed by atoms with E-state index in [1.807, 2.05) is 0 Å². The van der Waals surface area contributed by atoms with E-state index in [2.05, 4.69) is 0 Å². The summed E-state index contributed by atoms with van der Waals surface area (Å²) in [4.78, 5) is 21.7. The highest BCUT2D eigenvalue weighted by Crippen LogP contribution is 2.26. The Hall–Kier alpha value is -1.56. The van der Waals surface area contributed by atoms with Gasteiger partial charge in [0.1, 0.15) is 5.70 Å². The van der Waals surface area contributed by atoms with Gasteiger partial charge in [-0.2, -0.15) is 0 Å². The second kappa shape index (κ2) is 3.30. The van der Waals surface area contributed by atoms with Crippen LogP contribution in [-0.2, 0) is 9.59 Å². The summed E-state index contributed by atoms with van der Waals surface area (Å²) in [5.74, 6) is -2.41. The number of carboxylic acids is 2. The van der Waals surface area contributed by atoms with Crippen LogP contribution in [0.2, 0.25) is 0 Å². The van der Waals surface area contributed by atoms with E-state index >= 15 is 0 Å². The second-order valence-electron chi connectivity index (χ2n) is 3.15. The molecule has 1 aliphatic heterocycles. The first-order valence-corrected chi connectivity index (χ1v) is 4.05. The molecule has 1 rings (SSSR count). The van der Waals surface area contributed by atoms with Crippen molar-refractivity contribution in [3.05, 3.63) is 11.3 Å². The van der Waals surface area contributed by atoms with Crippen LogP contribution in [0.25, 0.3) is 0 Å². The fourth-order valence-corrected chi connectivity index (χ4v) is 1.51. The second-order valence-corrected chi connectivity index (χ2v) is 3.15. The molecule has 2 N–H and O–H groups in total. The fourth-order valence-electron chi connectivity index (χ4n) is 1.51. The number of likely N-dealkylation sites (N-methyl/N-ethyl adjacent to an activating group) is 2. The van der Waals surface area contributed by atoms with Crippen molar-refractivity contribution in [2.45, 2.75) is 13.0 Å². The zero-order chi connectivity index (χ0) is 11.0. The van der Waals surface area contributed by atoms with Crippen molar-refractivity contribution in [3.63, 3.8) is 0 Å². The summed E-state index contributed by atoms with van der Waals surface area (Å²) >= 11 is 0. The minimum atomic E-state index is -1.22. The molecular formula is C8H12N2O4. The molecule has 6 heteroatoms. The molecule has 0 aromatic carbocycles. The minimum absolute atomic E-state index is 0.0810. The average molecular weight is 200 g/mol. The molecule has 0 fully saturated rings. The lowest BCUT2D eigenvalue weighted by Crippen LogP contribution is -2.36. The molecule has 0 aliphatic carbocycles. The van der Waals surface area contributed by atoms with Crippen molar-refractivity contribution >= 4 is 11.9 Å². The fraction of sp³-hybridized carbons (Fsp3) is 0.500. The van der Waals surface area contributed by atoms with Gasteiger partial charge in [-0.15, -0.1) is 0 Å². The Labute approximate surface area is 81.0 Å². The SMILES string of the molecule is CC1C(C(=O)O)=C(C(=O)O)N(C)N1C. The monoisotopic (exact) mass is 200 g/mol. The Morgan fingerprint density at radius 3 is 2.00 bits per heavy atom. The van der Waals surface area contributed by atoms with Gasteiger partial charge in [-0.05, 0) is 6.92 Å². The molecule has 0 radical (unpaired) electrons. The first-order chi connectivity index (χ1) is 6.37. The maximum Gasteiger partial charge on any atom is 0.354 e. The van der Waals surface area contributed by atoms with Crippen LogP contribution in [0.3, 0.4) is 0 Å². The number of nitrogens with zero attached hydrogens (tertiary/aromatic N) is 2. The number of hydrogen-bond donors (Lipinski definition) is 2. The lowest BCUT2D eigenvalue weighted by Gasteiger charge is -2.25. The summed E-state index contributed by atoms with van der Waals surface area (Å²) in [5, 5.41) is 20.6. The van der Waals surface area contributed by atoms with E-state index in [0.29, 0.717) is 0 Å². The van der Waals surface area contributed by atoms with E-state index < -0.39 is 18.0 Å². The molecule has 14 heavy (non-hydrogen) atoms. The third kappa shape index (κ3) is 1.33. The number of rotatable bonds is 2. The summed E-state index contributed by atoms with van der Waals surface area (Å²) in [6.45, 7) is 1.65. The zero-order valence-electron chi connectivity index (χ0n) is 8.18. The van der Waals surface area contributed by atoms with Crippen molar-refractivity contribution in [3.8, 4) is 0 Å². The van der Waals surface area contributed by atoms with Gasteiger partial charge < -0.3 is 15.2 Å². The first-order valence-electron chi connectivity index (χ1n) is 4.05. The van der Waals surface area contributed by atoms with Crippen LogP contribution in [0.1, 0.15) is 6.92 Å². The van der Waals surface area contributed by atoms with Crippen LogP contribution in [-0.4, -0.2) is 52.3 Å². The highest BCUT2D eigenvalue weighted by Gasteiger charge is 2.38. The summed E-state index contributed by atoms with van der Waals surface area (Å²) in [6, 6.07) is -0.427. The van der Waals surface area contributed by atoms with Gasteiger partial charge in [0.15, 0.2) is 0 Å². The van der Waals surface area contributed by atoms with Crippen molar-refractivity contribution in [1.29, 1.82) is 0 Å². The smallest absolute Gasteiger partial charge is 0.354 e. The maximum absolute atomic E-state index is 10.8. The molecule has 1 unspecified atom stereocenters. The molecule has 6 nitrogen and oxygen atoms in total. The van der Waals surface area contributed by atoms with Gasteiger partial charge in [0.05, 0.1) is 11.6 Å². The molecule has 0 aromatic rings. The third-order valence-electron chi connectivity index (χ3n) is 2.46. The van der Waals surface area contributed by atoms with Gasteiger partial charge in [-0.25, -0.2) is 14.6 Å². The molecule has 0 spiro atoms. The summed E-state index contributed by atoms with van der Waals surface area (Å²) < 4.78 is 0. The van der Waals surface area contributed by atoms with E-state index in [1.165, 1.54) is 12.1 Å². The van der Waals surface area contributed by atoms with Crippen LogP contribution < -0.4 is 0 Å². The van der Waals surface area contributed by atoms with Crippen molar-refractivity contribution in [2.75, 3.05) is 14.1 Å². The van der Waals surface area contributed by atoms with Crippen molar-refractivity contribution in [1.82, 2.24) is 10.0 Å². The molecule has 0 saturated carbocycles. The Balaban J connectivity index is 3.25. The van der Waals surface area contributed by atoms with E-state index in [1.54, 1.807) is 19.0 Å². The number of aliphatic carboxylic acids is 2. The van der Waals surface area contributed by atoms with Crippen molar-refractivity contribution in [2.24, 2.45) is 0 Å². The molecule has 1 aliphatic rings. The van der Waals surface area contributed by atoms with Gasteiger partial charge in [0, 0.05) is 14.1 Å². The molecule has 0 amide bonds. The molecule has 0 aromatic heterocycles. The minimum Gasteiger partial charge on any atom is -0.478 e. The highest BCUT2D eigenvalue weighted by molar-refractivity contribution is 5.99. The number of carbonyl (C=O) groups is 2. The summed E-state index contributed by atoms with van der Waals surface area (Å²) in [7, 11) is 3.17. The van der Waals surface area contributed by atoms with Gasteiger partial charge >= 0.3 is 11.9 Å². The normalized spacial score (nSPS) is 23.1. The average Bonchev–Trinajstić information content (AvgIpc) is 2.29. The third-order valence-corrected chi connectivity index (χ3v) is 2.46. The maximum atomic E-state index is 10.8. The topological polar surface area (TPSA) is 81.1 Å².